The number of methoxy groups -OCH3 is 1. The van der Waals surface area contributed by atoms with Gasteiger partial charge in [-0.3, -0.25) is 9.69 Å². The number of aryl methyl sites for hydroxylation is 1. The second-order valence-electron chi connectivity index (χ2n) is 6.78. The van der Waals surface area contributed by atoms with Crippen LogP contribution in [0.2, 0.25) is 0 Å². The summed E-state index contributed by atoms with van der Waals surface area (Å²) in [6.45, 7) is 2.06. The molecular weight excluding hydrogens is 368 g/mol. The lowest BCUT2D eigenvalue weighted by Gasteiger charge is -2.26. The van der Waals surface area contributed by atoms with E-state index in [1.54, 1.807) is 11.3 Å². The van der Waals surface area contributed by atoms with Crippen molar-refractivity contribution in [1.82, 2.24) is 4.90 Å². The van der Waals surface area contributed by atoms with Gasteiger partial charge in [-0.2, -0.15) is 0 Å². The molecule has 2 aliphatic rings. The topological polar surface area (TPSA) is 58.6 Å². The van der Waals surface area contributed by atoms with E-state index >= 15 is 0 Å². The van der Waals surface area contributed by atoms with Crippen LogP contribution in [0.3, 0.4) is 0 Å². The highest BCUT2D eigenvalue weighted by molar-refractivity contribution is 7.17. The van der Waals surface area contributed by atoms with Crippen LogP contribution in [0.4, 0.5) is 5.00 Å². The smallest absolute Gasteiger partial charge is 0.341 e. The van der Waals surface area contributed by atoms with Gasteiger partial charge in [-0.25, -0.2) is 4.79 Å². The number of hydrogen-bond donors (Lipinski definition) is 1. The first-order valence-electron chi connectivity index (χ1n) is 8.96. The van der Waals surface area contributed by atoms with Crippen LogP contribution in [0.1, 0.15) is 44.1 Å². The van der Waals surface area contributed by atoms with Gasteiger partial charge in [0.2, 0.25) is 5.91 Å². The Hall–Kier alpha value is -1.70. The molecule has 0 saturated carbocycles. The molecule has 2 aromatic heterocycles. The van der Waals surface area contributed by atoms with E-state index in [1.165, 1.54) is 33.8 Å². The SMILES string of the molecule is COC(=O)c1c(NC(=O)CN2CCc3sccc3C2)sc2c1CCCC2. The number of nitrogens with zero attached hydrogens (tertiary/aromatic N) is 1. The Balaban J connectivity index is 1.48. The molecule has 0 radical (unpaired) electrons. The second kappa shape index (κ2) is 7.50. The summed E-state index contributed by atoms with van der Waals surface area (Å²) in [4.78, 5) is 29.7. The first-order valence-corrected chi connectivity index (χ1v) is 10.7. The molecule has 138 valence electrons. The molecule has 2 aromatic rings. The van der Waals surface area contributed by atoms with Crippen molar-refractivity contribution >= 4 is 39.6 Å². The van der Waals surface area contributed by atoms with Gasteiger partial charge in [0.25, 0.3) is 0 Å². The number of ether oxygens (including phenoxy) is 1. The van der Waals surface area contributed by atoms with E-state index in [4.69, 9.17) is 4.74 Å². The number of nitrogens with one attached hydrogen (secondary N) is 1. The van der Waals surface area contributed by atoms with Gasteiger partial charge in [0.1, 0.15) is 5.00 Å². The molecule has 0 aromatic carbocycles. The number of amides is 1. The van der Waals surface area contributed by atoms with Gasteiger partial charge >= 0.3 is 5.97 Å². The van der Waals surface area contributed by atoms with E-state index in [2.05, 4.69) is 21.7 Å². The number of rotatable bonds is 4. The molecule has 1 N–H and O–H groups in total. The Kier molecular flexibility index (Phi) is 5.11. The third-order valence-electron chi connectivity index (χ3n) is 5.07. The minimum atomic E-state index is -0.347. The van der Waals surface area contributed by atoms with E-state index in [0.717, 1.165) is 50.8 Å². The Labute approximate surface area is 161 Å². The molecule has 1 aliphatic carbocycles. The third kappa shape index (κ3) is 3.43. The maximum absolute atomic E-state index is 12.6. The summed E-state index contributed by atoms with van der Waals surface area (Å²) in [7, 11) is 1.40. The van der Waals surface area contributed by atoms with E-state index < -0.39 is 0 Å². The van der Waals surface area contributed by atoms with Crippen LogP contribution in [-0.4, -0.2) is 37.0 Å². The predicted molar refractivity (Wildman–Crippen MR) is 104 cm³/mol. The highest BCUT2D eigenvalue weighted by Crippen LogP contribution is 2.38. The summed E-state index contributed by atoms with van der Waals surface area (Å²) in [5.41, 5.74) is 2.97. The van der Waals surface area contributed by atoms with Crippen molar-refractivity contribution in [2.24, 2.45) is 0 Å². The Morgan fingerprint density at radius 2 is 2.08 bits per heavy atom. The fraction of sp³-hybridized carbons (Fsp3) is 0.474. The first-order chi connectivity index (χ1) is 12.7. The molecule has 0 atom stereocenters. The average molecular weight is 391 g/mol. The van der Waals surface area contributed by atoms with Gasteiger partial charge < -0.3 is 10.1 Å². The standard InChI is InChI=1S/C19H22N2O3S2/c1-24-19(23)17-13-4-2-3-5-15(13)26-18(17)20-16(22)11-21-8-6-14-12(10-21)7-9-25-14/h7,9H,2-6,8,10-11H2,1H3,(H,20,22). The van der Waals surface area contributed by atoms with Crippen LogP contribution < -0.4 is 5.32 Å². The Morgan fingerprint density at radius 3 is 2.92 bits per heavy atom. The zero-order valence-corrected chi connectivity index (χ0v) is 16.4. The van der Waals surface area contributed by atoms with Gasteiger partial charge in [-0.1, -0.05) is 0 Å². The molecule has 7 heteroatoms. The quantitative estimate of drug-likeness (QED) is 0.812. The lowest BCUT2D eigenvalue weighted by atomic mass is 9.95. The molecule has 3 heterocycles. The number of carbonyl (C=O) groups excluding carboxylic acids is 2. The van der Waals surface area contributed by atoms with Crippen molar-refractivity contribution in [2.45, 2.75) is 38.6 Å². The normalized spacial score (nSPS) is 16.7. The maximum atomic E-state index is 12.6. The maximum Gasteiger partial charge on any atom is 0.341 e. The number of hydrogen-bond acceptors (Lipinski definition) is 6. The summed E-state index contributed by atoms with van der Waals surface area (Å²) in [6, 6.07) is 2.15. The summed E-state index contributed by atoms with van der Waals surface area (Å²) < 4.78 is 4.97. The third-order valence-corrected chi connectivity index (χ3v) is 7.30. The predicted octanol–water partition coefficient (Wildman–Crippen LogP) is 3.47. The number of esters is 1. The largest absolute Gasteiger partial charge is 0.465 e. The van der Waals surface area contributed by atoms with Crippen molar-refractivity contribution in [3.63, 3.8) is 0 Å². The molecule has 0 saturated heterocycles. The van der Waals surface area contributed by atoms with Crippen molar-refractivity contribution in [3.8, 4) is 0 Å². The van der Waals surface area contributed by atoms with E-state index in [1.807, 2.05) is 0 Å². The van der Waals surface area contributed by atoms with Gasteiger partial charge in [0.15, 0.2) is 0 Å². The summed E-state index contributed by atoms with van der Waals surface area (Å²) in [5, 5.41) is 5.76. The molecule has 0 fully saturated rings. The fourth-order valence-electron chi connectivity index (χ4n) is 3.78. The zero-order valence-electron chi connectivity index (χ0n) is 14.8. The van der Waals surface area contributed by atoms with Crippen molar-refractivity contribution < 1.29 is 14.3 Å². The molecule has 26 heavy (non-hydrogen) atoms. The Morgan fingerprint density at radius 1 is 1.23 bits per heavy atom. The van der Waals surface area contributed by atoms with Crippen LogP contribution in [-0.2, 0) is 35.3 Å². The molecule has 0 bridgehead atoms. The average Bonchev–Trinajstić information content (AvgIpc) is 3.24. The van der Waals surface area contributed by atoms with Gasteiger partial charge in [-0.15, -0.1) is 22.7 Å². The van der Waals surface area contributed by atoms with Crippen LogP contribution in [0, 0.1) is 0 Å². The molecule has 1 aliphatic heterocycles. The minimum Gasteiger partial charge on any atom is -0.465 e. The lowest BCUT2D eigenvalue weighted by molar-refractivity contribution is -0.117. The van der Waals surface area contributed by atoms with Crippen LogP contribution in [0.5, 0.6) is 0 Å². The van der Waals surface area contributed by atoms with Crippen molar-refractivity contribution in [3.05, 3.63) is 37.9 Å². The van der Waals surface area contributed by atoms with Gasteiger partial charge in [0.05, 0.1) is 19.2 Å². The first kappa shape index (κ1) is 17.7. The van der Waals surface area contributed by atoms with Gasteiger partial charge in [-0.05, 0) is 54.7 Å². The molecule has 0 unspecified atom stereocenters. The summed E-state index contributed by atoms with van der Waals surface area (Å²) in [6.07, 6.45) is 5.09. The van der Waals surface area contributed by atoms with Crippen LogP contribution in [0.25, 0.3) is 0 Å². The lowest BCUT2D eigenvalue weighted by Crippen LogP contribution is -2.36. The summed E-state index contributed by atoms with van der Waals surface area (Å²) >= 11 is 3.33. The number of anilines is 1. The van der Waals surface area contributed by atoms with Gasteiger partial charge in [0, 0.05) is 22.8 Å². The minimum absolute atomic E-state index is 0.0626. The monoisotopic (exact) mass is 390 g/mol. The van der Waals surface area contributed by atoms with Crippen molar-refractivity contribution in [2.75, 3.05) is 25.5 Å². The van der Waals surface area contributed by atoms with Crippen LogP contribution in [0.15, 0.2) is 11.4 Å². The summed E-state index contributed by atoms with van der Waals surface area (Å²) in [5.74, 6) is -0.409. The highest BCUT2D eigenvalue weighted by Gasteiger charge is 2.27. The Bertz CT molecular complexity index is 840. The molecular formula is C19H22N2O3S2. The van der Waals surface area contributed by atoms with E-state index in [-0.39, 0.29) is 11.9 Å². The van der Waals surface area contributed by atoms with Crippen molar-refractivity contribution in [1.29, 1.82) is 0 Å². The molecule has 4 rings (SSSR count). The van der Waals surface area contributed by atoms with Crippen LogP contribution >= 0.6 is 22.7 Å². The fourth-order valence-corrected chi connectivity index (χ4v) is 5.97. The molecule has 5 nitrogen and oxygen atoms in total. The molecule has 0 spiro atoms. The number of carbonyl (C=O) groups is 2. The van der Waals surface area contributed by atoms with E-state index in [9.17, 15) is 9.59 Å². The zero-order chi connectivity index (χ0) is 18.1. The number of fused-ring (bicyclic) bond motifs is 2. The highest BCUT2D eigenvalue weighted by atomic mass is 32.1. The second-order valence-corrected chi connectivity index (χ2v) is 8.89. The number of thiophene rings is 2. The van der Waals surface area contributed by atoms with E-state index in [0.29, 0.717) is 17.1 Å². The molecule has 1 amide bonds.